The van der Waals surface area contributed by atoms with Gasteiger partial charge in [0.05, 0.1) is 7.11 Å². The molecule has 0 amide bonds. The van der Waals surface area contributed by atoms with E-state index < -0.39 is 0 Å². The third kappa shape index (κ3) is 3.45. The smallest absolute Gasteiger partial charge is 0.354 e. The highest BCUT2D eigenvalue weighted by atomic mass is 16.5. The summed E-state index contributed by atoms with van der Waals surface area (Å²) in [6.07, 6.45) is 0. The van der Waals surface area contributed by atoms with Crippen molar-refractivity contribution in [3.63, 3.8) is 0 Å². The average molecular weight is 258 g/mol. The molecule has 0 bridgehead atoms. The second-order valence-electron chi connectivity index (χ2n) is 4.42. The van der Waals surface area contributed by atoms with E-state index >= 15 is 0 Å². The van der Waals surface area contributed by atoms with Crippen LogP contribution in [0.3, 0.4) is 0 Å². The van der Waals surface area contributed by atoms with Gasteiger partial charge in [-0.1, -0.05) is 24.3 Å². The number of H-pyrrole nitrogens is 1. The second kappa shape index (κ2) is 6.20. The minimum Gasteiger partial charge on any atom is -0.464 e. The molecule has 0 saturated carbocycles. The number of hydrogen-bond acceptors (Lipinski definition) is 3. The van der Waals surface area contributed by atoms with E-state index in [0.29, 0.717) is 12.2 Å². The summed E-state index contributed by atoms with van der Waals surface area (Å²) in [6, 6.07) is 11.9. The van der Waals surface area contributed by atoms with E-state index in [-0.39, 0.29) is 5.97 Å². The maximum Gasteiger partial charge on any atom is 0.354 e. The summed E-state index contributed by atoms with van der Waals surface area (Å²) >= 11 is 0. The topological polar surface area (TPSA) is 54.1 Å². The van der Waals surface area contributed by atoms with Gasteiger partial charge < -0.3 is 15.0 Å². The summed E-state index contributed by atoms with van der Waals surface area (Å²) < 4.78 is 4.65. The van der Waals surface area contributed by atoms with Gasteiger partial charge in [0.2, 0.25) is 0 Å². The molecular formula is C15H18N2O2. The van der Waals surface area contributed by atoms with Crippen LogP contribution in [0.1, 0.15) is 27.3 Å². The van der Waals surface area contributed by atoms with Crippen LogP contribution in [0.25, 0.3) is 0 Å². The number of hydrogen-bond donors (Lipinski definition) is 2. The third-order valence-corrected chi connectivity index (χ3v) is 3.04. The number of ether oxygens (including phenoxy) is 1. The van der Waals surface area contributed by atoms with Crippen molar-refractivity contribution in [2.24, 2.45) is 0 Å². The molecular weight excluding hydrogens is 240 g/mol. The van der Waals surface area contributed by atoms with Crippen molar-refractivity contribution in [2.45, 2.75) is 20.0 Å². The minimum atomic E-state index is -0.342. The normalized spacial score (nSPS) is 10.4. The molecule has 0 spiro atoms. The Morgan fingerprint density at radius 2 is 2.00 bits per heavy atom. The Balaban J connectivity index is 1.88. The van der Waals surface area contributed by atoms with Crippen LogP contribution in [0.4, 0.5) is 0 Å². The predicted octanol–water partition coefficient (Wildman–Crippen LogP) is 2.40. The van der Waals surface area contributed by atoms with Crippen molar-refractivity contribution in [1.82, 2.24) is 10.3 Å². The quantitative estimate of drug-likeness (QED) is 0.810. The molecule has 2 rings (SSSR count). The molecule has 0 aliphatic rings. The molecule has 0 atom stereocenters. The Labute approximate surface area is 112 Å². The van der Waals surface area contributed by atoms with Crippen LogP contribution in [-0.4, -0.2) is 18.1 Å². The zero-order valence-corrected chi connectivity index (χ0v) is 11.2. The van der Waals surface area contributed by atoms with Gasteiger partial charge in [-0.2, -0.15) is 0 Å². The lowest BCUT2D eigenvalue weighted by molar-refractivity contribution is 0.0594. The zero-order valence-electron chi connectivity index (χ0n) is 11.2. The molecule has 2 aromatic rings. The molecule has 1 heterocycles. The predicted molar refractivity (Wildman–Crippen MR) is 73.9 cm³/mol. The molecule has 1 aromatic heterocycles. The number of aromatic nitrogens is 1. The van der Waals surface area contributed by atoms with Gasteiger partial charge in [-0.25, -0.2) is 4.79 Å². The lowest BCUT2D eigenvalue weighted by Gasteiger charge is -2.06. The Morgan fingerprint density at radius 3 is 2.74 bits per heavy atom. The van der Waals surface area contributed by atoms with Gasteiger partial charge >= 0.3 is 5.97 Å². The van der Waals surface area contributed by atoms with Crippen molar-refractivity contribution in [2.75, 3.05) is 7.11 Å². The number of methoxy groups -OCH3 is 1. The minimum absolute atomic E-state index is 0.342. The van der Waals surface area contributed by atoms with E-state index in [1.54, 1.807) is 6.07 Å². The fourth-order valence-corrected chi connectivity index (χ4v) is 1.91. The number of rotatable bonds is 5. The largest absolute Gasteiger partial charge is 0.464 e. The van der Waals surface area contributed by atoms with E-state index in [2.05, 4.69) is 34.1 Å². The number of nitrogens with one attached hydrogen (secondary N) is 2. The van der Waals surface area contributed by atoms with E-state index in [4.69, 9.17) is 0 Å². The maximum atomic E-state index is 11.3. The molecule has 0 aliphatic heterocycles. The number of aryl methyl sites for hydroxylation is 1. The van der Waals surface area contributed by atoms with Crippen molar-refractivity contribution in [3.05, 3.63) is 58.9 Å². The van der Waals surface area contributed by atoms with E-state index in [1.807, 2.05) is 18.2 Å². The molecule has 2 N–H and O–H groups in total. The SMILES string of the molecule is COC(=O)c1ccc(CNCc2ccccc2C)[nH]1. The number of esters is 1. The first-order valence-electron chi connectivity index (χ1n) is 6.22. The third-order valence-electron chi connectivity index (χ3n) is 3.04. The number of carbonyl (C=O) groups excluding carboxylic acids is 1. The first kappa shape index (κ1) is 13.4. The second-order valence-corrected chi connectivity index (χ2v) is 4.42. The lowest BCUT2D eigenvalue weighted by atomic mass is 10.1. The van der Waals surface area contributed by atoms with Crippen LogP contribution >= 0.6 is 0 Å². The summed E-state index contributed by atoms with van der Waals surface area (Å²) in [5.41, 5.74) is 4.00. The van der Waals surface area contributed by atoms with E-state index in [9.17, 15) is 4.79 Å². The first-order valence-corrected chi connectivity index (χ1v) is 6.22. The van der Waals surface area contributed by atoms with Gasteiger partial charge in [0.25, 0.3) is 0 Å². The van der Waals surface area contributed by atoms with Gasteiger partial charge in [-0.05, 0) is 30.2 Å². The van der Waals surface area contributed by atoms with Gasteiger partial charge in [-0.3, -0.25) is 0 Å². The summed E-state index contributed by atoms with van der Waals surface area (Å²) in [7, 11) is 1.37. The molecule has 1 aromatic carbocycles. The highest BCUT2D eigenvalue weighted by Gasteiger charge is 2.07. The number of aromatic amines is 1. The zero-order chi connectivity index (χ0) is 13.7. The van der Waals surface area contributed by atoms with Gasteiger partial charge in [-0.15, -0.1) is 0 Å². The van der Waals surface area contributed by atoms with E-state index in [1.165, 1.54) is 18.2 Å². The fraction of sp³-hybridized carbons (Fsp3) is 0.267. The standard InChI is InChI=1S/C15H18N2O2/c1-11-5-3-4-6-12(11)9-16-10-13-7-8-14(17-13)15(18)19-2/h3-8,16-17H,9-10H2,1-2H3. The first-order chi connectivity index (χ1) is 9.20. The molecule has 4 nitrogen and oxygen atoms in total. The molecule has 0 aliphatic carbocycles. The molecule has 0 radical (unpaired) electrons. The van der Waals surface area contributed by atoms with Crippen LogP contribution in [0.2, 0.25) is 0 Å². The highest BCUT2D eigenvalue weighted by molar-refractivity contribution is 5.87. The summed E-state index contributed by atoms with van der Waals surface area (Å²) in [5, 5.41) is 3.35. The van der Waals surface area contributed by atoms with Gasteiger partial charge in [0.15, 0.2) is 0 Å². The summed E-state index contributed by atoms with van der Waals surface area (Å²) in [5.74, 6) is -0.342. The monoisotopic (exact) mass is 258 g/mol. The van der Waals surface area contributed by atoms with Crippen LogP contribution in [0.5, 0.6) is 0 Å². The van der Waals surface area contributed by atoms with Crippen molar-refractivity contribution in [1.29, 1.82) is 0 Å². The molecule has 100 valence electrons. The van der Waals surface area contributed by atoms with Crippen LogP contribution < -0.4 is 5.32 Å². The van der Waals surface area contributed by atoms with Crippen LogP contribution in [-0.2, 0) is 17.8 Å². The Hall–Kier alpha value is -2.07. The maximum absolute atomic E-state index is 11.3. The lowest BCUT2D eigenvalue weighted by Crippen LogP contribution is -2.14. The van der Waals surface area contributed by atoms with Gasteiger partial charge in [0, 0.05) is 18.8 Å². The van der Waals surface area contributed by atoms with Gasteiger partial charge in [0.1, 0.15) is 5.69 Å². The highest BCUT2D eigenvalue weighted by Crippen LogP contribution is 2.07. The molecule has 4 heteroatoms. The number of carbonyl (C=O) groups is 1. The average Bonchev–Trinajstić information content (AvgIpc) is 2.89. The Bertz CT molecular complexity index is 561. The van der Waals surface area contributed by atoms with E-state index in [0.717, 1.165) is 12.2 Å². The van der Waals surface area contributed by atoms with Crippen molar-refractivity contribution in [3.8, 4) is 0 Å². The molecule has 0 unspecified atom stereocenters. The van der Waals surface area contributed by atoms with Crippen molar-refractivity contribution < 1.29 is 9.53 Å². The molecule has 0 saturated heterocycles. The number of benzene rings is 1. The molecule has 19 heavy (non-hydrogen) atoms. The summed E-state index contributed by atoms with van der Waals surface area (Å²) in [6.45, 7) is 3.59. The van der Waals surface area contributed by atoms with Crippen LogP contribution in [0, 0.1) is 6.92 Å². The molecule has 0 fully saturated rings. The Kier molecular flexibility index (Phi) is 4.36. The van der Waals surface area contributed by atoms with Crippen LogP contribution in [0.15, 0.2) is 36.4 Å². The van der Waals surface area contributed by atoms with Crippen molar-refractivity contribution >= 4 is 5.97 Å². The fourth-order valence-electron chi connectivity index (χ4n) is 1.91. The Morgan fingerprint density at radius 1 is 1.21 bits per heavy atom. The summed E-state index contributed by atoms with van der Waals surface area (Å²) in [4.78, 5) is 14.3.